The molecule has 3 heteroatoms. The second-order valence-electron chi connectivity index (χ2n) is 5.44. The maximum absolute atomic E-state index is 5.65. The minimum absolute atomic E-state index is 0.366. The molecule has 0 aromatic heterocycles. The highest BCUT2D eigenvalue weighted by atomic mass is 16.5. The largest absolute Gasteiger partial charge is 0.377 e. The van der Waals surface area contributed by atoms with Gasteiger partial charge in [-0.1, -0.05) is 0 Å². The van der Waals surface area contributed by atoms with Crippen LogP contribution in [0.25, 0.3) is 0 Å². The molecule has 1 aliphatic carbocycles. The van der Waals surface area contributed by atoms with Gasteiger partial charge in [-0.3, -0.25) is 4.90 Å². The van der Waals surface area contributed by atoms with Crippen molar-refractivity contribution in [1.29, 1.82) is 0 Å². The van der Waals surface area contributed by atoms with Crippen LogP contribution in [0.3, 0.4) is 0 Å². The van der Waals surface area contributed by atoms with Gasteiger partial charge < -0.3 is 10.1 Å². The van der Waals surface area contributed by atoms with Gasteiger partial charge in [0.05, 0.1) is 12.7 Å². The van der Waals surface area contributed by atoms with Crippen LogP contribution in [0.1, 0.15) is 39.5 Å². The zero-order valence-corrected chi connectivity index (χ0v) is 10.7. The molecule has 94 valence electrons. The summed E-state index contributed by atoms with van der Waals surface area (Å²) in [6.07, 6.45) is 5.87. The van der Waals surface area contributed by atoms with Gasteiger partial charge in [-0.15, -0.1) is 0 Å². The van der Waals surface area contributed by atoms with Crippen LogP contribution < -0.4 is 5.32 Å². The third kappa shape index (κ3) is 4.04. The molecule has 1 unspecified atom stereocenters. The van der Waals surface area contributed by atoms with Gasteiger partial charge in [-0.25, -0.2) is 0 Å². The molecule has 1 saturated carbocycles. The Kier molecular flexibility index (Phi) is 4.62. The van der Waals surface area contributed by atoms with Crippen molar-refractivity contribution in [2.24, 2.45) is 0 Å². The summed E-state index contributed by atoms with van der Waals surface area (Å²) in [7, 11) is 0. The smallest absolute Gasteiger partial charge is 0.0597 e. The van der Waals surface area contributed by atoms with Crippen molar-refractivity contribution in [2.75, 3.05) is 26.2 Å². The predicted octanol–water partition coefficient (Wildman–Crippen LogP) is 1.63. The lowest BCUT2D eigenvalue weighted by molar-refractivity contribution is 0.0555. The summed E-state index contributed by atoms with van der Waals surface area (Å²) in [6.45, 7) is 8.67. The molecule has 2 rings (SSSR count). The number of ether oxygens (including phenoxy) is 1. The monoisotopic (exact) mass is 226 g/mol. The third-order valence-corrected chi connectivity index (χ3v) is 3.51. The van der Waals surface area contributed by atoms with Crippen LogP contribution in [0.2, 0.25) is 0 Å². The molecule has 0 radical (unpaired) electrons. The van der Waals surface area contributed by atoms with Gasteiger partial charge in [0.1, 0.15) is 0 Å². The van der Waals surface area contributed by atoms with Crippen molar-refractivity contribution in [1.82, 2.24) is 10.2 Å². The Bertz CT molecular complexity index is 198. The van der Waals surface area contributed by atoms with Gasteiger partial charge in [-0.05, 0) is 46.1 Å². The van der Waals surface area contributed by atoms with E-state index in [0.29, 0.717) is 6.10 Å². The van der Waals surface area contributed by atoms with E-state index >= 15 is 0 Å². The first-order valence-electron chi connectivity index (χ1n) is 6.84. The molecule has 0 spiro atoms. The van der Waals surface area contributed by atoms with Crippen LogP contribution in [0.4, 0.5) is 0 Å². The lowest BCUT2D eigenvalue weighted by Crippen LogP contribution is -2.40. The van der Waals surface area contributed by atoms with E-state index in [-0.39, 0.29) is 0 Å². The van der Waals surface area contributed by atoms with E-state index in [1.807, 2.05) is 0 Å². The van der Waals surface area contributed by atoms with E-state index in [1.54, 1.807) is 0 Å². The highest BCUT2D eigenvalue weighted by Gasteiger charge is 2.30. The molecule has 1 atom stereocenters. The molecule has 0 aromatic rings. The summed E-state index contributed by atoms with van der Waals surface area (Å²) >= 11 is 0. The molecule has 0 aromatic carbocycles. The molecule has 3 nitrogen and oxygen atoms in total. The summed E-state index contributed by atoms with van der Waals surface area (Å²) in [5.74, 6) is 0. The zero-order valence-electron chi connectivity index (χ0n) is 10.7. The number of rotatable bonds is 7. The first-order valence-corrected chi connectivity index (χ1v) is 6.84. The van der Waals surface area contributed by atoms with Crippen LogP contribution in [0.15, 0.2) is 0 Å². The summed E-state index contributed by atoms with van der Waals surface area (Å²) in [5.41, 5.74) is 0. The summed E-state index contributed by atoms with van der Waals surface area (Å²) < 4.78 is 5.65. The lowest BCUT2D eigenvalue weighted by Gasteiger charge is -2.25. The zero-order chi connectivity index (χ0) is 11.4. The fourth-order valence-electron chi connectivity index (χ4n) is 2.46. The second-order valence-corrected chi connectivity index (χ2v) is 5.44. The Labute approximate surface area is 99.5 Å². The standard InChI is InChI=1S/C13H26N2O/c1-11(2)16-9-8-15(13-5-6-13)10-12-4-3-7-14-12/h11-14H,3-10H2,1-2H3. The molecule has 0 amide bonds. The van der Waals surface area contributed by atoms with Crippen LogP contribution >= 0.6 is 0 Å². The van der Waals surface area contributed by atoms with Crippen molar-refractivity contribution in [3.63, 3.8) is 0 Å². The molecule has 1 N–H and O–H groups in total. The Hall–Kier alpha value is -0.120. The SMILES string of the molecule is CC(C)OCCN(CC1CCCN1)C1CC1. The van der Waals surface area contributed by atoms with E-state index in [4.69, 9.17) is 4.74 Å². The van der Waals surface area contributed by atoms with E-state index in [1.165, 1.54) is 38.8 Å². The minimum atomic E-state index is 0.366. The van der Waals surface area contributed by atoms with Crippen molar-refractivity contribution in [3.8, 4) is 0 Å². The van der Waals surface area contributed by atoms with Crippen molar-refractivity contribution in [3.05, 3.63) is 0 Å². The van der Waals surface area contributed by atoms with Crippen LogP contribution in [-0.4, -0.2) is 49.3 Å². The quantitative estimate of drug-likeness (QED) is 0.714. The number of nitrogens with one attached hydrogen (secondary N) is 1. The highest BCUT2D eigenvalue weighted by molar-refractivity contribution is 4.88. The fraction of sp³-hybridized carbons (Fsp3) is 1.00. The van der Waals surface area contributed by atoms with E-state index < -0.39 is 0 Å². The minimum Gasteiger partial charge on any atom is -0.377 e. The Morgan fingerprint density at radius 2 is 2.12 bits per heavy atom. The molecular formula is C13H26N2O. The normalized spacial score (nSPS) is 25.9. The molecule has 0 bridgehead atoms. The van der Waals surface area contributed by atoms with Crippen molar-refractivity contribution in [2.45, 2.75) is 57.7 Å². The van der Waals surface area contributed by atoms with Gasteiger partial charge in [-0.2, -0.15) is 0 Å². The number of nitrogens with zero attached hydrogens (tertiary/aromatic N) is 1. The first kappa shape index (κ1) is 12.3. The average molecular weight is 226 g/mol. The molecule has 16 heavy (non-hydrogen) atoms. The first-order chi connectivity index (χ1) is 7.75. The topological polar surface area (TPSA) is 24.5 Å². The maximum Gasteiger partial charge on any atom is 0.0597 e. The highest BCUT2D eigenvalue weighted by Crippen LogP contribution is 2.27. The van der Waals surface area contributed by atoms with Crippen LogP contribution in [-0.2, 0) is 4.74 Å². The molecule has 1 heterocycles. The molecule has 1 saturated heterocycles. The Morgan fingerprint density at radius 1 is 1.31 bits per heavy atom. The van der Waals surface area contributed by atoms with E-state index in [9.17, 15) is 0 Å². The molecular weight excluding hydrogens is 200 g/mol. The van der Waals surface area contributed by atoms with Gasteiger partial charge in [0, 0.05) is 25.2 Å². The van der Waals surface area contributed by atoms with Gasteiger partial charge >= 0.3 is 0 Å². The summed E-state index contributed by atoms with van der Waals surface area (Å²) in [5, 5.41) is 3.59. The average Bonchev–Trinajstić information content (AvgIpc) is 2.96. The molecule has 2 aliphatic rings. The van der Waals surface area contributed by atoms with Crippen molar-refractivity contribution < 1.29 is 4.74 Å². The number of hydrogen-bond donors (Lipinski definition) is 1. The summed E-state index contributed by atoms with van der Waals surface area (Å²) in [6, 6.07) is 1.60. The van der Waals surface area contributed by atoms with Crippen LogP contribution in [0, 0.1) is 0 Å². The molecule has 1 aliphatic heterocycles. The summed E-state index contributed by atoms with van der Waals surface area (Å²) in [4.78, 5) is 2.63. The van der Waals surface area contributed by atoms with Gasteiger partial charge in [0.15, 0.2) is 0 Å². The molecule has 2 fully saturated rings. The Morgan fingerprint density at radius 3 is 2.69 bits per heavy atom. The van der Waals surface area contributed by atoms with Gasteiger partial charge in [0.25, 0.3) is 0 Å². The Balaban J connectivity index is 1.67. The maximum atomic E-state index is 5.65. The fourth-order valence-corrected chi connectivity index (χ4v) is 2.46. The van der Waals surface area contributed by atoms with E-state index in [0.717, 1.165) is 25.2 Å². The van der Waals surface area contributed by atoms with E-state index in [2.05, 4.69) is 24.1 Å². The third-order valence-electron chi connectivity index (χ3n) is 3.51. The van der Waals surface area contributed by atoms with Crippen molar-refractivity contribution >= 4 is 0 Å². The van der Waals surface area contributed by atoms with Gasteiger partial charge in [0.2, 0.25) is 0 Å². The predicted molar refractivity (Wildman–Crippen MR) is 66.7 cm³/mol. The lowest BCUT2D eigenvalue weighted by atomic mass is 10.2. The second kappa shape index (κ2) is 5.99. The number of hydrogen-bond acceptors (Lipinski definition) is 3. The van der Waals surface area contributed by atoms with Crippen LogP contribution in [0.5, 0.6) is 0 Å².